The minimum atomic E-state index is -0.980. The van der Waals surface area contributed by atoms with Gasteiger partial charge in [0.2, 0.25) is 17.7 Å². The second-order valence-corrected chi connectivity index (χ2v) is 29.4. The highest BCUT2D eigenvalue weighted by molar-refractivity contribution is 8.18. The predicted octanol–water partition coefficient (Wildman–Crippen LogP) is 13.7. The number of carbonyl (C=O) groups excluding carboxylic acids is 11. The molecule has 8 N–H and O–H groups in total. The van der Waals surface area contributed by atoms with Crippen LogP contribution in [0, 0.1) is 0 Å². The normalized spacial score (nSPS) is 15.2. The number of amides is 9. The van der Waals surface area contributed by atoms with E-state index in [2.05, 4.69) is 36.1 Å². The number of hydrogen-bond acceptors (Lipinski definition) is 27. The minimum Gasteiger partial charge on any atom is -0.490 e. The Bertz CT molecular complexity index is 5030. The summed E-state index contributed by atoms with van der Waals surface area (Å²) in [7, 11) is 2.67. The summed E-state index contributed by atoms with van der Waals surface area (Å²) in [5.74, 6) is 2.00. The summed E-state index contributed by atoms with van der Waals surface area (Å²) >= 11 is 3.92. The average molecular weight is 1700 g/mol. The molecule has 9 aromatic rings. The SMILES string of the molecule is CC.COC(=O)c1ccc(OCCOc2ccc(/C=C3/SC(=O)NC3=O)cc2)cc1.COC(=O)c1ccc(OCCOc2ccc(CC3SC(=O)NC3=O)cc2)cc1.Nc1ccccc1NC(=O)c1ccc(OCCOc2ccc(CC3SC(=O)NC3=O)cc2)cc1.O=C1NC(=O)C(Cc2ccc(OCCOc3ccc(C(=O)O)cc3)cc2)S1. The van der Waals surface area contributed by atoms with Gasteiger partial charge in [-0.15, -0.1) is 0 Å². The number of thioether (sulfide) groups is 4. The van der Waals surface area contributed by atoms with Crippen molar-refractivity contribution in [3.05, 3.63) is 268 Å². The molecule has 9 amide bonds. The molecular weight excluding hydrogens is 1610 g/mol. The van der Waals surface area contributed by atoms with Crippen LogP contribution in [0.4, 0.5) is 30.6 Å². The number of imide groups is 4. The van der Waals surface area contributed by atoms with Gasteiger partial charge in [0.05, 0.1) is 62.9 Å². The Morgan fingerprint density at radius 2 is 0.664 bits per heavy atom. The van der Waals surface area contributed by atoms with Gasteiger partial charge in [-0.3, -0.25) is 64.4 Å². The summed E-state index contributed by atoms with van der Waals surface area (Å²) < 4.78 is 54.1. The highest BCUT2D eigenvalue weighted by atomic mass is 32.2. The van der Waals surface area contributed by atoms with E-state index in [0.717, 1.165) is 69.3 Å². The van der Waals surface area contributed by atoms with Crippen molar-refractivity contribution in [3.63, 3.8) is 0 Å². The van der Waals surface area contributed by atoms with Gasteiger partial charge in [0, 0.05) is 5.56 Å². The maximum Gasteiger partial charge on any atom is 0.337 e. The molecule has 0 aromatic heterocycles. The van der Waals surface area contributed by atoms with Crippen molar-refractivity contribution in [2.75, 3.05) is 78.1 Å². The molecule has 4 aliphatic rings. The highest BCUT2D eigenvalue weighted by Gasteiger charge is 2.34. The third-order valence-electron chi connectivity index (χ3n) is 16.6. The van der Waals surface area contributed by atoms with E-state index < -0.39 is 17.9 Å². The van der Waals surface area contributed by atoms with E-state index in [9.17, 15) is 57.5 Å². The van der Waals surface area contributed by atoms with Crippen LogP contribution in [0.1, 0.15) is 77.5 Å². The van der Waals surface area contributed by atoms with Crippen LogP contribution in [0.3, 0.4) is 0 Å². The van der Waals surface area contributed by atoms with Crippen LogP contribution in [-0.2, 0) is 47.9 Å². The molecule has 4 heterocycles. The molecule has 4 aliphatic heterocycles. The van der Waals surface area contributed by atoms with Crippen molar-refractivity contribution in [2.45, 2.75) is 48.9 Å². The number of anilines is 2. The summed E-state index contributed by atoms with van der Waals surface area (Å²) in [6, 6.07) is 62.6. The van der Waals surface area contributed by atoms with E-state index in [1.165, 1.54) is 26.4 Å². The average Bonchev–Trinajstić information content (AvgIpc) is 1.85. The van der Waals surface area contributed by atoms with E-state index in [1.807, 2.05) is 74.5 Å². The van der Waals surface area contributed by atoms with Crippen LogP contribution in [-0.4, -0.2) is 156 Å². The maximum atomic E-state index is 12.4. The third-order valence-corrected chi connectivity index (χ3v) is 20.4. The molecule has 9 aromatic carbocycles. The van der Waals surface area contributed by atoms with Gasteiger partial charge in [-0.1, -0.05) is 110 Å². The van der Waals surface area contributed by atoms with Crippen molar-refractivity contribution >= 4 is 133 Å². The molecule has 0 spiro atoms. The first-order valence-corrected chi connectivity index (χ1v) is 40.2. The zero-order chi connectivity index (χ0) is 85.0. The van der Waals surface area contributed by atoms with E-state index in [-0.39, 0.29) is 71.8 Å². The molecule has 4 saturated heterocycles. The fourth-order valence-electron chi connectivity index (χ4n) is 10.7. The Kier molecular flexibility index (Phi) is 35.0. The van der Waals surface area contributed by atoms with Crippen LogP contribution in [0.5, 0.6) is 46.0 Å². The maximum absolute atomic E-state index is 12.4. The minimum absolute atomic E-state index is 0.205. The molecule has 33 heteroatoms. The van der Waals surface area contributed by atoms with Crippen LogP contribution < -0.4 is 70.2 Å². The van der Waals surface area contributed by atoms with Crippen molar-refractivity contribution in [2.24, 2.45) is 0 Å². The largest absolute Gasteiger partial charge is 0.490 e. The number of benzene rings is 9. The van der Waals surface area contributed by atoms with Crippen LogP contribution in [0.25, 0.3) is 6.08 Å². The van der Waals surface area contributed by atoms with Crippen LogP contribution in [0.2, 0.25) is 0 Å². The lowest BCUT2D eigenvalue weighted by Crippen LogP contribution is -2.25. The molecule has 0 radical (unpaired) electrons. The Balaban J connectivity index is 0.000000180. The second kappa shape index (κ2) is 46.5. The molecule has 29 nitrogen and oxygen atoms in total. The standard InChI is InChI=1S/C25H23N3O5S.C20H19NO6S.C20H17NO6S.C19H17NO6S.C2H6/c26-20-3-1-2-4-21(20)27-23(29)17-7-11-19(12-8-17)33-14-13-32-18-9-5-16(6-10-18)15-22-24(30)28-25(31)34-22;2*1-25-19(23)14-4-8-16(9-5-14)27-11-10-26-15-6-2-13(3-7-15)12-17-18(22)21-20(24)28-17;21-17-16(27-19(24)20-17)11-12-1-5-14(6-2-12)25-9-10-26-15-7-3-13(4-8-15)18(22)23;1-2/h1-12,22H,13-15,26H2,(H,27,29)(H,28,30,31);2-9,17H,10-12H2,1H3,(H,21,22,24);2-9,12H,10-11H2,1H3,(H,21,22,24);1-8,16H,9-11H2,(H,22,23)(H,20,21,24);1-2H3/b;;17-12+;;. The number of methoxy groups -OCH3 is 2. The lowest BCUT2D eigenvalue weighted by molar-refractivity contribution is -0.119. The summed E-state index contributed by atoms with van der Waals surface area (Å²) in [6.45, 7) is 6.69. The first-order valence-electron chi connectivity index (χ1n) is 36.7. The summed E-state index contributed by atoms with van der Waals surface area (Å²) in [6.07, 6.45) is 3.11. The molecule has 0 saturated carbocycles. The molecular formula is C86H82N6O23S4. The first kappa shape index (κ1) is 89.7. The molecule has 13 rings (SSSR count). The monoisotopic (exact) mass is 1690 g/mol. The van der Waals surface area contributed by atoms with Crippen molar-refractivity contribution < 1.29 is 110 Å². The quantitative estimate of drug-likeness (QED) is 0.00891. The first-order chi connectivity index (χ1) is 57.6. The smallest absolute Gasteiger partial charge is 0.337 e. The molecule has 3 unspecified atom stereocenters. The van der Waals surface area contributed by atoms with E-state index >= 15 is 0 Å². The lowest BCUT2D eigenvalue weighted by Gasteiger charge is -2.11. The van der Waals surface area contributed by atoms with E-state index in [1.54, 1.807) is 152 Å². The van der Waals surface area contributed by atoms with Crippen LogP contribution in [0.15, 0.2) is 223 Å². The number of carbonyl (C=O) groups is 12. The molecule has 618 valence electrons. The number of para-hydroxylation sites is 2. The van der Waals surface area contributed by atoms with Gasteiger partial charge in [0.1, 0.15) is 98.9 Å². The Hall–Kier alpha value is -13.2. The fraction of sp³-hybridized carbons (Fsp3) is 0.209. The highest BCUT2D eigenvalue weighted by Crippen LogP contribution is 2.30. The second-order valence-electron chi connectivity index (χ2n) is 24.8. The number of esters is 2. The number of nitrogens with two attached hydrogens (primary N) is 1. The Labute approximate surface area is 700 Å². The summed E-state index contributed by atoms with van der Waals surface area (Å²) in [4.78, 5) is 137. The summed E-state index contributed by atoms with van der Waals surface area (Å²) in [5.41, 5.74) is 12.2. The van der Waals surface area contributed by atoms with Gasteiger partial charge in [-0.2, -0.15) is 0 Å². The molecule has 0 aliphatic carbocycles. The zero-order valence-electron chi connectivity index (χ0n) is 64.5. The molecule has 0 bridgehead atoms. The van der Waals surface area contributed by atoms with Gasteiger partial charge in [0.15, 0.2) is 0 Å². The number of aromatic carboxylic acids is 1. The number of carboxylic acid groups (broad SMARTS) is 1. The van der Waals surface area contributed by atoms with Gasteiger partial charge < -0.3 is 63.5 Å². The molecule has 119 heavy (non-hydrogen) atoms. The van der Waals surface area contributed by atoms with Gasteiger partial charge >= 0.3 is 17.9 Å². The lowest BCUT2D eigenvalue weighted by atomic mass is 10.1. The van der Waals surface area contributed by atoms with Crippen LogP contribution >= 0.6 is 47.0 Å². The van der Waals surface area contributed by atoms with E-state index in [4.69, 9.17) is 48.7 Å². The zero-order valence-corrected chi connectivity index (χ0v) is 67.8. The Morgan fingerprint density at radius 1 is 0.378 bits per heavy atom. The van der Waals surface area contributed by atoms with Gasteiger partial charge in [0.25, 0.3) is 32.8 Å². The predicted molar refractivity (Wildman–Crippen MR) is 450 cm³/mol. The van der Waals surface area contributed by atoms with Gasteiger partial charge in [-0.05, 0) is 217 Å². The third kappa shape index (κ3) is 29.5. The topological polar surface area (TPSA) is 404 Å². The molecule has 4 fully saturated rings. The number of rotatable bonds is 32. The number of nitrogens with one attached hydrogen (secondary N) is 5. The number of nitrogen functional groups attached to an aromatic ring is 1. The number of hydrogen-bond donors (Lipinski definition) is 7. The Morgan fingerprint density at radius 3 is 0.933 bits per heavy atom. The summed E-state index contributed by atoms with van der Waals surface area (Å²) in [5, 5.41) is 18.3. The van der Waals surface area contributed by atoms with Gasteiger partial charge in [-0.25, -0.2) is 14.4 Å². The van der Waals surface area contributed by atoms with Crippen molar-refractivity contribution in [1.82, 2.24) is 21.3 Å². The molecule has 3 atom stereocenters. The van der Waals surface area contributed by atoms with Crippen molar-refractivity contribution in [1.29, 1.82) is 0 Å². The number of carboxylic acids is 1. The number of ether oxygens (including phenoxy) is 10. The fourth-order valence-corrected chi connectivity index (χ4v) is 14.0. The van der Waals surface area contributed by atoms with E-state index in [0.29, 0.717) is 151 Å². The van der Waals surface area contributed by atoms with Crippen molar-refractivity contribution in [3.8, 4) is 46.0 Å².